The van der Waals surface area contributed by atoms with E-state index >= 15 is 0 Å². The molecule has 96 valence electrons. The predicted octanol–water partition coefficient (Wildman–Crippen LogP) is 1.84. The van der Waals surface area contributed by atoms with Crippen molar-refractivity contribution < 1.29 is 19.1 Å². The van der Waals surface area contributed by atoms with Crippen LogP contribution in [0, 0.1) is 0 Å². The van der Waals surface area contributed by atoms with E-state index in [1.807, 2.05) is 0 Å². The van der Waals surface area contributed by atoms with Crippen molar-refractivity contribution in [3.63, 3.8) is 0 Å². The molecular formula is C12H12ClNO4. The maximum atomic E-state index is 11.5. The van der Waals surface area contributed by atoms with Gasteiger partial charge in [-0.3, -0.25) is 9.59 Å². The number of hydrogen-bond acceptors (Lipinski definition) is 4. The van der Waals surface area contributed by atoms with Crippen molar-refractivity contribution in [3.05, 3.63) is 17.7 Å². The van der Waals surface area contributed by atoms with E-state index in [9.17, 15) is 9.59 Å². The molecule has 0 spiro atoms. The molecule has 0 bridgehead atoms. The van der Waals surface area contributed by atoms with E-state index in [1.165, 1.54) is 6.92 Å². The van der Waals surface area contributed by atoms with Gasteiger partial charge in [0.2, 0.25) is 5.91 Å². The summed E-state index contributed by atoms with van der Waals surface area (Å²) in [6, 6.07) is 3.15. The number of Topliss-reactive ketones (excluding diaryl/α,β-unsaturated/α-hetero) is 1. The van der Waals surface area contributed by atoms with E-state index < -0.39 is 0 Å². The van der Waals surface area contributed by atoms with Crippen LogP contribution in [-0.4, -0.2) is 30.8 Å². The average molecular weight is 270 g/mol. The highest BCUT2D eigenvalue weighted by Gasteiger charge is 2.18. The highest BCUT2D eigenvalue weighted by molar-refractivity contribution is 6.29. The van der Waals surface area contributed by atoms with E-state index in [2.05, 4.69) is 5.32 Å². The monoisotopic (exact) mass is 269 g/mol. The number of benzene rings is 1. The zero-order valence-electron chi connectivity index (χ0n) is 9.79. The fourth-order valence-corrected chi connectivity index (χ4v) is 1.73. The van der Waals surface area contributed by atoms with Crippen molar-refractivity contribution in [1.82, 2.24) is 0 Å². The van der Waals surface area contributed by atoms with Crippen LogP contribution in [0.25, 0.3) is 0 Å². The van der Waals surface area contributed by atoms with Gasteiger partial charge in [-0.2, -0.15) is 0 Å². The molecule has 0 saturated heterocycles. The Morgan fingerprint density at radius 1 is 1.28 bits per heavy atom. The Morgan fingerprint density at radius 3 is 2.44 bits per heavy atom. The lowest BCUT2D eigenvalue weighted by Gasteiger charge is -2.20. The standard InChI is InChI=1S/C12H12ClNO4/c1-7(15)8-4-10-11(18-3-2-17-10)5-9(8)14-12(16)6-13/h4-5H,2-3,6H2,1H3,(H,14,16). The fourth-order valence-electron chi connectivity index (χ4n) is 1.67. The minimum absolute atomic E-state index is 0.170. The Kier molecular flexibility index (Phi) is 3.72. The Balaban J connectivity index is 2.42. The van der Waals surface area contributed by atoms with Crippen LogP contribution in [0.5, 0.6) is 11.5 Å². The number of hydrogen-bond donors (Lipinski definition) is 1. The third kappa shape index (κ3) is 2.56. The number of ether oxygens (including phenoxy) is 2. The third-order valence-corrected chi connectivity index (χ3v) is 2.70. The van der Waals surface area contributed by atoms with Gasteiger partial charge in [0.25, 0.3) is 0 Å². The number of alkyl halides is 1. The summed E-state index contributed by atoms with van der Waals surface area (Å²) >= 11 is 5.42. The highest BCUT2D eigenvalue weighted by Crippen LogP contribution is 2.35. The number of amides is 1. The van der Waals surface area contributed by atoms with Gasteiger partial charge in [0.15, 0.2) is 17.3 Å². The molecule has 1 aliphatic rings. The van der Waals surface area contributed by atoms with Crippen molar-refractivity contribution in [2.24, 2.45) is 0 Å². The largest absolute Gasteiger partial charge is 0.486 e. The van der Waals surface area contributed by atoms with Gasteiger partial charge < -0.3 is 14.8 Å². The summed E-state index contributed by atoms with van der Waals surface area (Å²) in [5.74, 6) is 0.297. The molecule has 1 aromatic rings. The summed E-state index contributed by atoms with van der Waals surface area (Å²) in [5, 5.41) is 2.56. The highest BCUT2D eigenvalue weighted by atomic mass is 35.5. The number of anilines is 1. The molecule has 1 amide bonds. The summed E-state index contributed by atoms with van der Waals surface area (Å²) in [6.07, 6.45) is 0. The van der Waals surface area contributed by atoms with E-state index in [4.69, 9.17) is 21.1 Å². The first-order chi connectivity index (χ1) is 8.61. The summed E-state index contributed by atoms with van der Waals surface area (Å²) in [4.78, 5) is 22.8. The minimum Gasteiger partial charge on any atom is -0.486 e. The van der Waals surface area contributed by atoms with Crippen LogP contribution in [0.3, 0.4) is 0 Å². The second-order valence-electron chi connectivity index (χ2n) is 3.78. The first-order valence-electron chi connectivity index (χ1n) is 5.42. The molecule has 0 aromatic heterocycles. The molecule has 2 rings (SSSR count). The van der Waals surface area contributed by atoms with Crippen LogP contribution in [-0.2, 0) is 4.79 Å². The average Bonchev–Trinajstić information content (AvgIpc) is 2.37. The van der Waals surface area contributed by atoms with Gasteiger partial charge in [0.05, 0.1) is 5.69 Å². The van der Waals surface area contributed by atoms with E-state index in [0.29, 0.717) is 36.0 Å². The molecule has 0 fully saturated rings. The molecule has 0 radical (unpaired) electrons. The van der Waals surface area contributed by atoms with Crippen LogP contribution >= 0.6 is 11.6 Å². The molecule has 0 unspecified atom stereocenters. The van der Waals surface area contributed by atoms with Gasteiger partial charge in [-0.25, -0.2) is 0 Å². The molecule has 1 N–H and O–H groups in total. The molecular weight excluding hydrogens is 258 g/mol. The van der Waals surface area contributed by atoms with Crippen LogP contribution in [0.2, 0.25) is 0 Å². The summed E-state index contributed by atoms with van der Waals surface area (Å²) in [6.45, 7) is 2.30. The Labute approximate surface area is 109 Å². The fraction of sp³-hybridized carbons (Fsp3) is 0.333. The van der Waals surface area contributed by atoms with Crippen molar-refractivity contribution in [2.45, 2.75) is 6.92 Å². The molecule has 0 atom stereocenters. The number of rotatable bonds is 3. The van der Waals surface area contributed by atoms with Crippen molar-refractivity contribution in [2.75, 3.05) is 24.4 Å². The van der Waals surface area contributed by atoms with Gasteiger partial charge >= 0.3 is 0 Å². The topological polar surface area (TPSA) is 64.6 Å². The zero-order valence-corrected chi connectivity index (χ0v) is 10.5. The second-order valence-corrected chi connectivity index (χ2v) is 4.05. The van der Waals surface area contributed by atoms with Gasteiger partial charge in [-0.15, -0.1) is 11.6 Å². The smallest absolute Gasteiger partial charge is 0.239 e. The van der Waals surface area contributed by atoms with Crippen molar-refractivity contribution in [3.8, 4) is 11.5 Å². The molecule has 1 heterocycles. The van der Waals surface area contributed by atoms with Crippen LogP contribution in [0.4, 0.5) is 5.69 Å². The molecule has 6 heteroatoms. The van der Waals surface area contributed by atoms with Crippen molar-refractivity contribution >= 4 is 29.0 Å². The zero-order chi connectivity index (χ0) is 13.1. The van der Waals surface area contributed by atoms with Gasteiger partial charge in [-0.05, 0) is 13.0 Å². The van der Waals surface area contributed by atoms with Gasteiger partial charge in [-0.1, -0.05) is 0 Å². The number of fused-ring (bicyclic) bond motifs is 1. The third-order valence-electron chi connectivity index (χ3n) is 2.46. The van der Waals surface area contributed by atoms with E-state index in [1.54, 1.807) is 12.1 Å². The molecule has 0 saturated carbocycles. The Morgan fingerprint density at radius 2 is 1.89 bits per heavy atom. The first kappa shape index (κ1) is 12.7. The summed E-state index contributed by atoms with van der Waals surface area (Å²) < 4.78 is 10.8. The van der Waals surface area contributed by atoms with Crippen molar-refractivity contribution in [1.29, 1.82) is 0 Å². The number of nitrogens with one attached hydrogen (secondary N) is 1. The normalized spacial score (nSPS) is 13.0. The molecule has 1 aliphatic heterocycles. The maximum absolute atomic E-state index is 11.5. The summed E-state index contributed by atoms with van der Waals surface area (Å²) in [7, 11) is 0. The number of carbonyl (C=O) groups is 2. The lowest BCUT2D eigenvalue weighted by atomic mass is 10.1. The second kappa shape index (κ2) is 5.27. The predicted molar refractivity (Wildman–Crippen MR) is 66.8 cm³/mol. The molecule has 0 aliphatic carbocycles. The van der Waals surface area contributed by atoms with Crippen LogP contribution in [0.15, 0.2) is 12.1 Å². The molecule has 5 nitrogen and oxygen atoms in total. The lowest BCUT2D eigenvalue weighted by Crippen LogP contribution is -2.18. The van der Waals surface area contributed by atoms with E-state index in [0.717, 1.165) is 0 Å². The Hall–Kier alpha value is -1.75. The SMILES string of the molecule is CC(=O)c1cc2c(cc1NC(=O)CCl)OCCO2. The van der Waals surface area contributed by atoms with E-state index in [-0.39, 0.29) is 17.6 Å². The number of ketones is 1. The van der Waals surface area contributed by atoms with Gasteiger partial charge in [0, 0.05) is 11.6 Å². The first-order valence-corrected chi connectivity index (χ1v) is 5.95. The molecule has 18 heavy (non-hydrogen) atoms. The molecule has 1 aromatic carbocycles. The summed E-state index contributed by atoms with van der Waals surface area (Å²) in [5.41, 5.74) is 0.759. The van der Waals surface area contributed by atoms with Crippen LogP contribution < -0.4 is 14.8 Å². The minimum atomic E-state index is -0.379. The van der Waals surface area contributed by atoms with Crippen LogP contribution in [0.1, 0.15) is 17.3 Å². The number of halogens is 1. The maximum Gasteiger partial charge on any atom is 0.239 e. The Bertz CT molecular complexity index is 501. The lowest BCUT2D eigenvalue weighted by molar-refractivity contribution is -0.113. The number of carbonyl (C=O) groups excluding carboxylic acids is 2. The quantitative estimate of drug-likeness (QED) is 0.672. The van der Waals surface area contributed by atoms with Gasteiger partial charge in [0.1, 0.15) is 19.1 Å².